The summed E-state index contributed by atoms with van der Waals surface area (Å²) in [6.45, 7) is 9.44. The summed E-state index contributed by atoms with van der Waals surface area (Å²) >= 11 is 7.58. The molecule has 0 atom stereocenters. The number of anilines is 1. The van der Waals surface area contributed by atoms with Gasteiger partial charge in [0.05, 0.1) is 5.39 Å². The number of nitrogens with zero attached hydrogens (tertiary/aromatic N) is 4. The van der Waals surface area contributed by atoms with Crippen molar-refractivity contribution in [2.45, 2.75) is 13.8 Å². The van der Waals surface area contributed by atoms with Gasteiger partial charge in [-0.25, -0.2) is 9.97 Å². The number of hydrogen-bond acceptors (Lipinski definition) is 5. The molecule has 0 radical (unpaired) electrons. The number of rotatable bonds is 3. The van der Waals surface area contributed by atoms with Crippen LogP contribution in [0.25, 0.3) is 10.2 Å². The second-order valence-electron chi connectivity index (χ2n) is 5.18. The molecule has 6 heteroatoms. The smallest absolute Gasteiger partial charge is 0.141 e. The third kappa shape index (κ3) is 2.50. The van der Waals surface area contributed by atoms with Crippen LogP contribution in [0, 0.1) is 13.8 Å². The lowest BCUT2D eigenvalue weighted by Gasteiger charge is -2.35. The molecule has 0 unspecified atom stereocenters. The first kappa shape index (κ1) is 14.0. The minimum atomic E-state index is 0.709. The normalized spacial score (nSPS) is 17.1. The second kappa shape index (κ2) is 5.84. The number of piperazine rings is 1. The minimum Gasteiger partial charge on any atom is -0.353 e. The fraction of sp³-hybridized carbons (Fsp3) is 0.571. The molecule has 1 fully saturated rings. The average molecular weight is 311 g/mol. The van der Waals surface area contributed by atoms with Gasteiger partial charge in [0, 0.05) is 43.5 Å². The van der Waals surface area contributed by atoms with E-state index in [4.69, 9.17) is 11.6 Å². The third-order valence-electron chi connectivity index (χ3n) is 4.02. The molecule has 0 saturated carbocycles. The summed E-state index contributed by atoms with van der Waals surface area (Å²) in [6, 6.07) is 0. The van der Waals surface area contributed by atoms with Crippen LogP contribution in [0.1, 0.15) is 10.4 Å². The first-order valence-corrected chi connectivity index (χ1v) is 8.29. The van der Waals surface area contributed by atoms with Crippen molar-refractivity contribution < 1.29 is 0 Å². The van der Waals surface area contributed by atoms with Gasteiger partial charge < -0.3 is 4.90 Å². The summed E-state index contributed by atoms with van der Waals surface area (Å²) in [5, 5.41) is 1.24. The Labute approximate surface area is 128 Å². The predicted molar refractivity (Wildman–Crippen MR) is 86.3 cm³/mol. The van der Waals surface area contributed by atoms with Crippen molar-refractivity contribution in [3.63, 3.8) is 0 Å². The van der Waals surface area contributed by atoms with Gasteiger partial charge in [0.2, 0.25) is 0 Å². The van der Waals surface area contributed by atoms with Crippen LogP contribution in [0.3, 0.4) is 0 Å². The molecule has 2 aromatic heterocycles. The quantitative estimate of drug-likeness (QED) is 0.816. The molecular formula is C14H19ClN4S. The zero-order valence-corrected chi connectivity index (χ0v) is 13.5. The van der Waals surface area contributed by atoms with E-state index in [2.05, 4.69) is 33.6 Å². The van der Waals surface area contributed by atoms with Crippen molar-refractivity contribution in [3.05, 3.63) is 16.8 Å². The van der Waals surface area contributed by atoms with Crippen LogP contribution >= 0.6 is 22.9 Å². The van der Waals surface area contributed by atoms with Crippen molar-refractivity contribution in [1.29, 1.82) is 0 Å². The summed E-state index contributed by atoms with van der Waals surface area (Å²) in [5.41, 5.74) is 1.32. The molecule has 1 saturated heterocycles. The van der Waals surface area contributed by atoms with Crippen molar-refractivity contribution in [2.24, 2.45) is 0 Å². The van der Waals surface area contributed by atoms with E-state index >= 15 is 0 Å². The van der Waals surface area contributed by atoms with Crippen molar-refractivity contribution in [3.8, 4) is 0 Å². The van der Waals surface area contributed by atoms with E-state index in [1.165, 1.54) is 15.8 Å². The molecule has 0 N–H and O–H groups in total. The van der Waals surface area contributed by atoms with E-state index in [1.54, 1.807) is 17.7 Å². The lowest BCUT2D eigenvalue weighted by Crippen LogP contribution is -2.47. The Kier molecular flexibility index (Phi) is 4.10. The molecule has 0 bridgehead atoms. The highest BCUT2D eigenvalue weighted by Gasteiger charge is 2.21. The Morgan fingerprint density at radius 2 is 1.95 bits per heavy atom. The summed E-state index contributed by atoms with van der Waals surface area (Å²) < 4.78 is 0. The molecule has 20 heavy (non-hydrogen) atoms. The summed E-state index contributed by atoms with van der Waals surface area (Å²) in [4.78, 5) is 16.2. The van der Waals surface area contributed by atoms with E-state index in [0.29, 0.717) is 5.88 Å². The minimum absolute atomic E-state index is 0.709. The van der Waals surface area contributed by atoms with Crippen LogP contribution in [-0.4, -0.2) is 53.5 Å². The maximum atomic E-state index is 5.82. The Morgan fingerprint density at radius 3 is 2.65 bits per heavy atom. The molecule has 4 nitrogen and oxygen atoms in total. The van der Waals surface area contributed by atoms with Gasteiger partial charge in [-0.3, -0.25) is 4.90 Å². The van der Waals surface area contributed by atoms with Crippen LogP contribution in [0.5, 0.6) is 0 Å². The molecule has 1 aliphatic rings. The van der Waals surface area contributed by atoms with Gasteiger partial charge in [-0.2, -0.15) is 0 Å². The van der Waals surface area contributed by atoms with E-state index in [9.17, 15) is 0 Å². The number of alkyl halides is 1. The summed E-state index contributed by atoms with van der Waals surface area (Å²) in [6.07, 6.45) is 1.69. The van der Waals surface area contributed by atoms with Gasteiger partial charge in [-0.15, -0.1) is 22.9 Å². The highest BCUT2D eigenvalue weighted by Crippen LogP contribution is 2.34. The number of fused-ring (bicyclic) bond motifs is 1. The second-order valence-corrected chi connectivity index (χ2v) is 6.76. The average Bonchev–Trinajstić information content (AvgIpc) is 2.76. The van der Waals surface area contributed by atoms with Crippen LogP contribution in [0.2, 0.25) is 0 Å². The SMILES string of the molecule is Cc1sc2ncnc(N3CCN(CCCl)CC3)c2c1C. The van der Waals surface area contributed by atoms with Crippen molar-refractivity contribution in [1.82, 2.24) is 14.9 Å². The predicted octanol–water partition coefficient (Wildman–Crippen LogP) is 2.67. The van der Waals surface area contributed by atoms with Crippen molar-refractivity contribution >= 4 is 39.0 Å². The molecule has 108 valence electrons. The topological polar surface area (TPSA) is 32.3 Å². The molecule has 3 rings (SSSR count). The monoisotopic (exact) mass is 310 g/mol. The molecule has 3 heterocycles. The number of thiophene rings is 1. The highest BCUT2D eigenvalue weighted by molar-refractivity contribution is 7.18. The first-order chi connectivity index (χ1) is 9.70. The van der Waals surface area contributed by atoms with E-state index in [-0.39, 0.29) is 0 Å². The van der Waals surface area contributed by atoms with Crippen molar-refractivity contribution in [2.75, 3.05) is 43.5 Å². The Bertz CT molecular complexity index is 604. The van der Waals surface area contributed by atoms with E-state index in [0.717, 1.165) is 43.4 Å². The van der Waals surface area contributed by atoms with Gasteiger partial charge >= 0.3 is 0 Å². The van der Waals surface area contributed by atoms with Crippen LogP contribution < -0.4 is 4.90 Å². The summed E-state index contributed by atoms with van der Waals surface area (Å²) in [5.74, 6) is 1.81. The zero-order chi connectivity index (χ0) is 14.1. The number of halogens is 1. The van der Waals surface area contributed by atoms with Crippen LogP contribution in [0.4, 0.5) is 5.82 Å². The number of aryl methyl sites for hydroxylation is 2. The van der Waals surface area contributed by atoms with Gasteiger partial charge in [0.1, 0.15) is 17.0 Å². The molecule has 2 aromatic rings. The Morgan fingerprint density at radius 1 is 1.20 bits per heavy atom. The first-order valence-electron chi connectivity index (χ1n) is 6.94. The fourth-order valence-corrected chi connectivity index (χ4v) is 3.94. The molecule has 0 spiro atoms. The van der Waals surface area contributed by atoms with Gasteiger partial charge in [0.25, 0.3) is 0 Å². The maximum Gasteiger partial charge on any atom is 0.141 e. The van der Waals surface area contributed by atoms with Crippen LogP contribution in [-0.2, 0) is 0 Å². The molecule has 0 aromatic carbocycles. The van der Waals surface area contributed by atoms with Gasteiger partial charge in [-0.1, -0.05) is 0 Å². The largest absolute Gasteiger partial charge is 0.353 e. The lowest BCUT2D eigenvalue weighted by molar-refractivity contribution is 0.272. The summed E-state index contributed by atoms with van der Waals surface area (Å²) in [7, 11) is 0. The molecular weight excluding hydrogens is 292 g/mol. The maximum absolute atomic E-state index is 5.82. The Balaban J connectivity index is 1.88. The van der Waals surface area contributed by atoms with Gasteiger partial charge in [-0.05, 0) is 19.4 Å². The highest BCUT2D eigenvalue weighted by atomic mass is 35.5. The van der Waals surface area contributed by atoms with Crippen LogP contribution in [0.15, 0.2) is 6.33 Å². The zero-order valence-electron chi connectivity index (χ0n) is 11.9. The molecule has 0 aliphatic carbocycles. The lowest BCUT2D eigenvalue weighted by atomic mass is 10.2. The number of aromatic nitrogens is 2. The Hall–Kier alpha value is -0.910. The van der Waals surface area contributed by atoms with E-state index < -0.39 is 0 Å². The third-order valence-corrected chi connectivity index (χ3v) is 5.30. The number of hydrogen-bond donors (Lipinski definition) is 0. The van der Waals surface area contributed by atoms with Gasteiger partial charge in [0.15, 0.2) is 0 Å². The standard InChI is InChI=1S/C14H19ClN4S/c1-10-11(2)20-14-12(10)13(16-9-17-14)19-7-5-18(4-3-15)6-8-19/h9H,3-8H2,1-2H3. The fourth-order valence-electron chi connectivity index (χ4n) is 2.71. The van der Waals surface area contributed by atoms with E-state index in [1.807, 2.05) is 0 Å². The molecule has 0 amide bonds. The molecule has 1 aliphatic heterocycles.